The van der Waals surface area contributed by atoms with Crippen molar-refractivity contribution in [3.8, 4) is 11.5 Å². The van der Waals surface area contributed by atoms with Crippen LogP contribution >= 0.6 is 0 Å². The molecule has 4 N–H and O–H groups in total. The number of nitro benzene ring substituents is 1. The van der Waals surface area contributed by atoms with Crippen LogP contribution in [0.15, 0.2) is 70.5 Å². The van der Waals surface area contributed by atoms with Crippen molar-refractivity contribution in [1.82, 2.24) is 0 Å². The summed E-state index contributed by atoms with van der Waals surface area (Å²) in [5.74, 6) is -0.749. The fraction of sp³-hybridized carbons (Fsp3) is 0.0500. The van der Waals surface area contributed by atoms with Crippen LogP contribution in [0.1, 0.15) is 10.4 Å². The first-order valence-corrected chi connectivity index (χ1v) is 10.2. The predicted molar refractivity (Wildman–Crippen MR) is 112 cm³/mol. The maximum atomic E-state index is 13.1. The molecule has 0 aliphatic rings. The first kappa shape index (κ1) is 21.6. The number of benzene rings is 3. The summed E-state index contributed by atoms with van der Waals surface area (Å²) in [6.45, 7) is 0. The summed E-state index contributed by atoms with van der Waals surface area (Å²) in [7, 11) is -2.89. The van der Waals surface area contributed by atoms with Crippen LogP contribution in [0.5, 0.6) is 11.5 Å². The number of phenolic OH excluding ortho intramolecular Hbond substituents is 1. The van der Waals surface area contributed by atoms with Crippen molar-refractivity contribution in [3.05, 3.63) is 76.3 Å². The van der Waals surface area contributed by atoms with Gasteiger partial charge < -0.3 is 20.9 Å². The van der Waals surface area contributed by atoms with Crippen molar-refractivity contribution in [3.63, 3.8) is 0 Å². The first-order chi connectivity index (χ1) is 14.6. The third-order valence-electron chi connectivity index (χ3n) is 4.37. The Labute approximate surface area is 177 Å². The van der Waals surface area contributed by atoms with Gasteiger partial charge in [-0.3, -0.25) is 14.9 Å². The normalized spacial score (nSPS) is 11.0. The number of amides is 1. The van der Waals surface area contributed by atoms with E-state index in [0.29, 0.717) is 0 Å². The first-order valence-electron chi connectivity index (χ1n) is 8.71. The Morgan fingerprint density at radius 1 is 1.13 bits per heavy atom. The van der Waals surface area contributed by atoms with Crippen LogP contribution in [-0.4, -0.2) is 31.5 Å². The molecule has 0 spiro atoms. The smallest absolute Gasteiger partial charge is 0.269 e. The van der Waals surface area contributed by atoms with Crippen LogP contribution in [0.3, 0.4) is 0 Å². The van der Waals surface area contributed by atoms with Gasteiger partial charge in [0.25, 0.3) is 11.6 Å². The number of methoxy groups -OCH3 is 1. The maximum Gasteiger partial charge on any atom is 0.269 e. The van der Waals surface area contributed by atoms with Crippen LogP contribution in [0.4, 0.5) is 17.1 Å². The number of hydrogen-bond donors (Lipinski definition) is 3. The molecule has 0 bridgehead atoms. The lowest BCUT2D eigenvalue weighted by atomic mass is 10.1. The highest BCUT2D eigenvalue weighted by atomic mass is 32.2. The van der Waals surface area contributed by atoms with Crippen molar-refractivity contribution in [1.29, 1.82) is 0 Å². The molecule has 3 rings (SSSR count). The minimum absolute atomic E-state index is 0.0850. The van der Waals surface area contributed by atoms with Gasteiger partial charge in [-0.05, 0) is 36.4 Å². The molecule has 0 atom stereocenters. The Morgan fingerprint density at radius 2 is 1.81 bits per heavy atom. The third-order valence-corrected chi connectivity index (χ3v) is 6.18. The van der Waals surface area contributed by atoms with Crippen LogP contribution in [-0.2, 0) is 9.84 Å². The number of phenols is 1. The van der Waals surface area contributed by atoms with E-state index in [1.807, 2.05) is 0 Å². The van der Waals surface area contributed by atoms with Crippen LogP contribution < -0.4 is 15.8 Å². The monoisotopic (exact) mass is 443 g/mol. The zero-order valence-electron chi connectivity index (χ0n) is 16.1. The summed E-state index contributed by atoms with van der Waals surface area (Å²) in [4.78, 5) is 22.5. The Kier molecular flexibility index (Phi) is 5.79. The van der Waals surface area contributed by atoms with Gasteiger partial charge in [0.2, 0.25) is 9.84 Å². The van der Waals surface area contributed by atoms with E-state index in [2.05, 4.69) is 5.32 Å². The Balaban J connectivity index is 2.06. The molecule has 10 nitrogen and oxygen atoms in total. The number of nitrogens with two attached hydrogens (primary N) is 1. The molecule has 0 fully saturated rings. The summed E-state index contributed by atoms with van der Waals surface area (Å²) < 4.78 is 31.4. The molecule has 31 heavy (non-hydrogen) atoms. The maximum absolute atomic E-state index is 13.1. The quantitative estimate of drug-likeness (QED) is 0.227. The molecule has 0 aliphatic carbocycles. The molecule has 0 saturated heterocycles. The lowest BCUT2D eigenvalue weighted by molar-refractivity contribution is -0.384. The molecule has 0 aromatic heterocycles. The zero-order chi connectivity index (χ0) is 22.8. The largest absolute Gasteiger partial charge is 0.508 e. The Bertz CT molecular complexity index is 1270. The highest BCUT2D eigenvalue weighted by Gasteiger charge is 2.27. The predicted octanol–water partition coefficient (Wildman–Crippen LogP) is 2.98. The number of hydrogen-bond acceptors (Lipinski definition) is 8. The van der Waals surface area contributed by atoms with E-state index in [-0.39, 0.29) is 43.9 Å². The van der Waals surface area contributed by atoms with Crippen molar-refractivity contribution >= 4 is 32.8 Å². The molecule has 11 heteroatoms. The van der Waals surface area contributed by atoms with Gasteiger partial charge in [-0.2, -0.15) is 0 Å². The second-order valence-electron chi connectivity index (χ2n) is 6.31. The molecule has 1 amide bonds. The van der Waals surface area contributed by atoms with E-state index in [9.17, 15) is 28.4 Å². The molecule has 0 aliphatic heterocycles. The number of non-ortho nitro benzene ring substituents is 1. The van der Waals surface area contributed by atoms with Gasteiger partial charge in [0.05, 0.1) is 33.1 Å². The number of carbonyl (C=O) groups is 1. The Hall–Kier alpha value is -4.12. The summed E-state index contributed by atoms with van der Waals surface area (Å²) in [5.41, 5.74) is 5.46. The second kappa shape index (κ2) is 8.32. The molecule has 0 saturated carbocycles. The number of anilines is 2. The van der Waals surface area contributed by atoms with Crippen LogP contribution in [0, 0.1) is 10.1 Å². The highest BCUT2D eigenvalue weighted by molar-refractivity contribution is 7.91. The van der Waals surface area contributed by atoms with Crippen LogP contribution in [0.25, 0.3) is 0 Å². The summed E-state index contributed by atoms with van der Waals surface area (Å²) in [5, 5.41) is 22.9. The van der Waals surface area contributed by atoms with Gasteiger partial charge in [0, 0.05) is 23.9 Å². The zero-order valence-corrected chi connectivity index (χ0v) is 16.9. The van der Waals surface area contributed by atoms with Crippen molar-refractivity contribution in [2.24, 2.45) is 0 Å². The fourth-order valence-corrected chi connectivity index (χ4v) is 4.34. The van der Waals surface area contributed by atoms with Gasteiger partial charge >= 0.3 is 0 Å². The van der Waals surface area contributed by atoms with Crippen molar-refractivity contribution in [2.45, 2.75) is 9.79 Å². The number of aromatic hydroxyl groups is 1. The number of nitrogens with zero attached hydrogens (tertiary/aromatic N) is 1. The average Bonchev–Trinajstić information content (AvgIpc) is 2.74. The minimum Gasteiger partial charge on any atom is -0.508 e. The molecule has 0 radical (unpaired) electrons. The fourth-order valence-electron chi connectivity index (χ4n) is 2.86. The number of nitrogens with one attached hydrogen (secondary N) is 1. The molecule has 0 unspecified atom stereocenters. The standard InChI is InChI=1S/C20H17N3O7S/c1-30-17-11-13(24)7-10-16(17)22-20(25)19-15(21)3-2-4-18(19)31(28,29)14-8-5-12(6-9-14)23(26)27/h2-11,24H,21H2,1H3,(H,22,25). The van der Waals surface area contributed by atoms with Gasteiger partial charge in [0.15, 0.2) is 0 Å². The molecule has 3 aromatic rings. The highest BCUT2D eigenvalue weighted by Crippen LogP contribution is 2.32. The summed E-state index contributed by atoms with van der Waals surface area (Å²) >= 11 is 0. The Morgan fingerprint density at radius 3 is 2.42 bits per heavy atom. The second-order valence-corrected chi connectivity index (χ2v) is 8.23. The van der Waals surface area contributed by atoms with E-state index in [0.717, 1.165) is 24.3 Å². The van der Waals surface area contributed by atoms with Crippen LogP contribution in [0.2, 0.25) is 0 Å². The molecule has 3 aromatic carbocycles. The van der Waals surface area contributed by atoms with E-state index in [4.69, 9.17) is 10.5 Å². The number of ether oxygens (including phenoxy) is 1. The van der Waals surface area contributed by atoms with E-state index < -0.39 is 20.7 Å². The van der Waals surface area contributed by atoms with E-state index in [1.54, 1.807) is 0 Å². The van der Waals surface area contributed by atoms with E-state index in [1.165, 1.54) is 43.5 Å². The molecular weight excluding hydrogens is 426 g/mol. The molecule has 160 valence electrons. The topological polar surface area (TPSA) is 162 Å². The number of rotatable bonds is 6. The third kappa shape index (κ3) is 4.26. The summed E-state index contributed by atoms with van der Waals surface area (Å²) in [6, 6.07) is 12.2. The van der Waals surface area contributed by atoms with Gasteiger partial charge in [-0.1, -0.05) is 6.07 Å². The van der Waals surface area contributed by atoms with Crippen molar-refractivity contribution < 1.29 is 28.0 Å². The van der Waals surface area contributed by atoms with Gasteiger partial charge in [-0.25, -0.2) is 8.42 Å². The summed E-state index contributed by atoms with van der Waals surface area (Å²) in [6.07, 6.45) is 0. The number of sulfone groups is 1. The minimum atomic E-state index is -4.23. The van der Waals surface area contributed by atoms with Gasteiger partial charge in [0.1, 0.15) is 11.5 Å². The number of carbonyl (C=O) groups excluding carboxylic acids is 1. The molecule has 0 heterocycles. The molecular formula is C20H17N3O7S. The lowest BCUT2D eigenvalue weighted by Gasteiger charge is -2.15. The van der Waals surface area contributed by atoms with Gasteiger partial charge in [-0.15, -0.1) is 0 Å². The lowest BCUT2D eigenvalue weighted by Crippen LogP contribution is -2.19. The van der Waals surface area contributed by atoms with Crippen molar-refractivity contribution in [2.75, 3.05) is 18.2 Å². The number of nitro groups is 1. The van der Waals surface area contributed by atoms with E-state index >= 15 is 0 Å². The SMILES string of the molecule is COc1cc(O)ccc1NC(=O)c1c(N)cccc1S(=O)(=O)c1ccc([N+](=O)[O-])cc1. The number of nitrogen functional groups attached to an aromatic ring is 1. The average molecular weight is 443 g/mol.